The molecule has 2 aromatic carbocycles. The number of carbonyl (C=O) groups is 2. The lowest BCUT2D eigenvalue weighted by atomic mass is 9.86. The molecule has 1 N–H and O–H groups in total. The van der Waals surface area contributed by atoms with E-state index in [1.165, 1.54) is 6.07 Å². The average molecular weight is 478 g/mol. The minimum atomic E-state index is -0.781. The molecule has 0 unspecified atom stereocenters. The first-order valence-electron chi connectivity index (χ1n) is 11.4. The van der Waals surface area contributed by atoms with Crippen LogP contribution in [0.5, 0.6) is 0 Å². The average Bonchev–Trinajstić information content (AvgIpc) is 3.21. The molecule has 180 valence electrons. The largest absolute Gasteiger partial charge is 0.346 e. The van der Waals surface area contributed by atoms with Crippen LogP contribution in [-0.2, 0) is 23.3 Å². The van der Waals surface area contributed by atoms with Gasteiger partial charge in [0.15, 0.2) is 5.82 Å². The molecule has 0 aliphatic carbocycles. The third-order valence-corrected chi connectivity index (χ3v) is 7.07. The monoisotopic (exact) mass is 477 g/mol. The first-order valence-corrected chi connectivity index (χ1v) is 11.4. The van der Waals surface area contributed by atoms with Gasteiger partial charge < -0.3 is 10.2 Å². The van der Waals surface area contributed by atoms with Crippen molar-refractivity contribution in [2.45, 2.75) is 25.4 Å². The minimum absolute atomic E-state index is 0.0286. The summed E-state index contributed by atoms with van der Waals surface area (Å²) >= 11 is 0. The molecule has 3 aromatic rings. The van der Waals surface area contributed by atoms with Gasteiger partial charge in [-0.3, -0.25) is 14.5 Å². The standard InChI is InChI=1S/C26H25F2N5O2/c1-26(25(35)32(2)11-12-33(26)3)16-9-7-15(8-10-16)13-19-22-20(14-29-24(22)34)31-23(30-19)21-17(27)5-4-6-18(21)28/h4-10H,11-14H2,1-3H3,(H,29,34)/t26-/m1/s1. The summed E-state index contributed by atoms with van der Waals surface area (Å²) in [6.07, 6.45) is 0.266. The van der Waals surface area contributed by atoms with Gasteiger partial charge in [-0.2, -0.15) is 0 Å². The number of carbonyl (C=O) groups excluding carboxylic acids is 2. The fourth-order valence-corrected chi connectivity index (χ4v) is 4.80. The highest BCUT2D eigenvalue weighted by molar-refractivity contribution is 5.99. The van der Waals surface area contributed by atoms with Crippen LogP contribution >= 0.6 is 0 Å². The highest BCUT2D eigenvalue weighted by Gasteiger charge is 2.44. The van der Waals surface area contributed by atoms with Crippen LogP contribution in [0.4, 0.5) is 8.78 Å². The van der Waals surface area contributed by atoms with Gasteiger partial charge in [-0.05, 0) is 37.2 Å². The van der Waals surface area contributed by atoms with Crippen molar-refractivity contribution in [1.29, 1.82) is 0 Å². The summed E-state index contributed by atoms with van der Waals surface area (Å²) in [5, 5.41) is 2.71. The maximum Gasteiger partial charge on any atom is 0.255 e. The topological polar surface area (TPSA) is 78.4 Å². The fourth-order valence-electron chi connectivity index (χ4n) is 4.80. The number of hydrogen-bond donors (Lipinski definition) is 1. The molecule has 0 spiro atoms. The molecule has 7 nitrogen and oxygen atoms in total. The number of nitrogens with zero attached hydrogens (tertiary/aromatic N) is 4. The Hall–Kier alpha value is -3.72. The van der Waals surface area contributed by atoms with Crippen LogP contribution in [-0.4, -0.2) is 58.8 Å². The highest BCUT2D eigenvalue weighted by Crippen LogP contribution is 2.33. The molecule has 3 heterocycles. The third kappa shape index (κ3) is 3.76. The number of likely N-dealkylation sites (N-methyl/N-ethyl adjacent to an activating group) is 2. The van der Waals surface area contributed by atoms with E-state index in [0.717, 1.165) is 29.8 Å². The van der Waals surface area contributed by atoms with E-state index in [0.29, 0.717) is 23.5 Å². The van der Waals surface area contributed by atoms with Gasteiger partial charge in [0.2, 0.25) is 5.91 Å². The van der Waals surface area contributed by atoms with E-state index >= 15 is 0 Å². The molecule has 0 saturated carbocycles. The van der Waals surface area contributed by atoms with Crippen LogP contribution in [0.2, 0.25) is 0 Å². The number of nitrogens with one attached hydrogen (secondary N) is 1. The first-order chi connectivity index (χ1) is 16.7. The van der Waals surface area contributed by atoms with E-state index in [-0.39, 0.29) is 36.2 Å². The summed E-state index contributed by atoms with van der Waals surface area (Å²) in [6, 6.07) is 11.2. The van der Waals surface area contributed by atoms with Crippen molar-refractivity contribution in [2.24, 2.45) is 0 Å². The van der Waals surface area contributed by atoms with E-state index in [4.69, 9.17) is 0 Å². The number of aromatic nitrogens is 2. The molecular weight excluding hydrogens is 452 g/mol. The fraction of sp³-hybridized carbons (Fsp3) is 0.308. The minimum Gasteiger partial charge on any atom is -0.346 e. The number of hydrogen-bond acceptors (Lipinski definition) is 5. The Labute approximate surface area is 201 Å². The van der Waals surface area contributed by atoms with Crippen LogP contribution < -0.4 is 5.32 Å². The van der Waals surface area contributed by atoms with Gasteiger partial charge in [-0.1, -0.05) is 30.3 Å². The molecule has 1 atom stereocenters. The Balaban J connectivity index is 1.52. The lowest BCUT2D eigenvalue weighted by molar-refractivity contribution is -0.147. The van der Waals surface area contributed by atoms with Gasteiger partial charge in [-0.25, -0.2) is 18.7 Å². The van der Waals surface area contributed by atoms with Crippen molar-refractivity contribution >= 4 is 11.8 Å². The molecule has 2 aliphatic rings. The third-order valence-electron chi connectivity index (χ3n) is 7.07. The zero-order valence-corrected chi connectivity index (χ0v) is 19.7. The van der Waals surface area contributed by atoms with Crippen molar-refractivity contribution < 1.29 is 18.4 Å². The van der Waals surface area contributed by atoms with Crippen molar-refractivity contribution in [3.05, 3.63) is 82.2 Å². The van der Waals surface area contributed by atoms with Gasteiger partial charge in [0.25, 0.3) is 5.91 Å². The Kier molecular flexibility index (Phi) is 5.59. The van der Waals surface area contributed by atoms with Gasteiger partial charge in [0, 0.05) is 26.6 Å². The van der Waals surface area contributed by atoms with Crippen LogP contribution in [0.1, 0.15) is 39.8 Å². The Morgan fingerprint density at radius 1 is 0.971 bits per heavy atom. The lowest BCUT2D eigenvalue weighted by Gasteiger charge is -2.45. The summed E-state index contributed by atoms with van der Waals surface area (Å²) in [4.78, 5) is 37.9. The smallest absolute Gasteiger partial charge is 0.255 e. The predicted molar refractivity (Wildman–Crippen MR) is 125 cm³/mol. The van der Waals surface area contributed by atoms with E-state index in [9.17, 15) is 18.4 Å². The summed E-state index contributed by atoms with van der Waals surface area (Å²) in [5.41, 5.74) is 1.76. The summed E-state index contributed by atoms with van der Waals surface area (Å²) < 4.78 is 28.9. The van der Waals surface area contributed by atoms with Crippen LogP contribution in [0.15, 0.2) is 42.5 Å². The number of piperazine rings is 1. The lowest BCUT2D eigenvalue weighted by Crippen LogP contribution is -2.60. The second-order valence-electron chi connectivity index (χ2n) is 9.19. The van der Waals surface area contributed by atoms with E-state index in [1.807, 2.05) is 43.1 Å². The second-order valence-corrected chi connectivity index (χ2v) is 9.19. The predicted octanol–water partition coefficient (Wildman–Crippen LogP) is 2.88. The van der Waals surface area contributed by atoms with Gasteiger partial charge >= 0.3 is 0 Å². The Bertz CT molecular complexity index is 1320. The van der Waals surface area contributed by atoms with Gasteiger partial charge in [0.1, 0.15) is 17.2 Å². The molecule has 35 heavy (non-hydrogen) atoms. The second kappa shape index (κ2) is 8.49. The number of halogens is 2. The first kappa shape index (κ1) is 23.0. The van der Waals surface area contributed by atoms with Crippen molar-refractivity contribution in [3.63, 3.8) is 0 Å². The molecule has 1 saturated heterocycles. The molecule has 9 heteroatoms. The van der Waals surface area contributed by atoms with E-state index < -0.39 is 17.2 Å². The molecule has 2 amide bonds. The number of amides is 2. The van der Waals surface area contributed by atoms with Crippen LogP contribution in [0.25, 0.3) is 11.4 Å². The number of fused-ring (bicyclic) bond motifs is 1. The molecule has 1 fully saturated rings. The molecular formula is C26H25F2N5O2. The van der Waals surface area contributed by atoms with Crippen LogP contribution in [0.3, 0.4) is 0 Å². The molecule has 0 radical (unpaired) electrons. The van der Waals surface area contributed by atoms with Gasteiger partial charge in [0.05, 0.1) is 29.1 Å². The van der Waals surface area contributed by atoms with E-state index in [2.05, 4.69) is 15.3 Å². The zero-order valence-electron chi connectivity index (χ0n) is 19.7. The zero-order chi connectivity index (χ0) is 24.9. The summed E-state index contributed by atoms with van der Waals surface area (Å²) in [7, 11) is 3.74. The maximum absolute atomic E-state index is 14.4. The molecule has 5 rings (SSSR count). The molecule has 0 bridgehead atoms. The van der Waals surface area contributed by atoms with Crippen molar-refractivity contribution in [1.82, 2.24) is 25.1 Å². The number of benzene rings is 2. The quantitative estimate of drug-likeness (QED) is 0.625. The van der Waals surface area contributed by atoms with Crippen LogP contribution in [0, 0.1) is 11.6 Å². The maximum atomic E-state index is 14.4. The summed E-state index contributed by atoms with van der Waals surface area (Å²) in [5.74, 6) is -1.90. The van der Waals surface area contributed by atoms with Crippen molar-refractivity contribution in [2.75, 3.05) is 27.2 Å². The molecule has 1 aromatic heterocycles. The summed E-state index contributed by atoms with van der Waals surface area (Å²) in [6.45, 7) is 3.52. The Morgan fingerprint density at radius 2 is 1.66 bits per heavy atom. The number of rotatable bonds is 4. The molecule has 2 aliphatic heterocycles. The van der Waals surface area contributed by atoms with E-state index in [1.54, 1.807) is 11.9 Å². The SMILES string of the molecule is CN1CCN(C)[C@](C)(c2ccc(Cc3nc(-c4c(F)cccc4F)nc4c3C(=O)NC4)cc2)C1=O. The highest BCUT2D eigenvalue weighted by atomic mass is 19.1. The van der Waals surface area contributed by atoms with Gasteiger partial charge in [-0.15, -0.1) is 0 Å². The van der Waals surface area contributed by atoms with Crippen molar-refractivity contribution in [3.8, 4) is 11.4 Å². The Morgan fingerprint density at radius 3 is 2.34 bits per heavy atom. The normalized spacial score (nSPS) is 20.2.